The number of amides is 3. The van der Waals surface area contributed by atoms with Gasteiger partial charge in [0.1, 0.15) is 23.2 Å². The van der Waals surface area contributed by atoms with Crippen LogP contribution in [0.25, 0.3) is 0 Å². The Balaban J connectivity index is 1.57. The lowest BCUT2D eigenvalue weighted by molar-refractivity contribution is 0.0341. The summed E-state index contributed by atoms with van der Waals surface area (Å²) in [6, 6.07) is 14.4. The zero-order chi connectivity index (χ0) is 28.1. The third kappa shape index (κ3) is 6.76. The number of ether oxygens (including phenoxy) is 1. The number of benzene rings is 2. The van der Waals surface area contributed by atoms with Crippen LogP contribution in [0.5, 0.6) is 5.75 Å². The molecule has 2 heterocycles. The van der Waals surface area contributed by atoms with Crippen LogP contribution in [0.3, 0.4) is 0 Å². The molecule has 1 aliphatic heterocycles. The number of anilines is 2. The molecule has 10 heteroatoms. The van der Waals surface area contributed by atoms with Crippen LogP contribution in [-0.4, -0.2) is 70.9 Å². The second-order valence-corrected chi connectivity index (χ2v) is 10.3. The molecule has 0 radical (unpaired) electrons. The first-order valence-electron chi connectivity index (χ1n) is 13.1. The van der Waals surface area contributed by atoms with Gasteiger partial charge in [0.25, 0.3) is 5.91 Å². The lowest BCUT2D eigenvalue weighted by atomic mass is 9.99. The molecule has 3 amide bonds. The molecule has 3 atom stereocenters. The van der Waals surface area contributed by atoms with E-state index >= 15 is 0 Å². The van der Waals surface area contributed by atoms with Crippen LogP contribution in [0.4, 0.5) is 16.2 Å². The average molecular weight is 536 g/mol. The van der Waals surface area contributed by atoms with E-state index in [9.17, 15) is 14.7 Å². The Hall–Kier alpha value is -3.89. The number of hydrogen-bond donors (Lipinski definition) is 3. The molecule has 39 heavy (non-hydrogen) atoms. The third-order valence-corrected chi connectivity index (χ3v) is 6.98. The van der Waals surface area contributed by atoms with Gasteiger partial charge in [0.05, 0.1) is 18.2 Å². The van der Waals surface area contributed by atoms with Gasteiger partial charge in [0, 0.05) is 31.2 Å². The number of urea groups is 1. The van der Waals surface area contributed by atoms with Crippen molar-refractivity contribution in [3.05, 3.63) is 71.1 Å². The molecule has 1 aliphatic rings. The fourth-order valence-electron chi connectivity index (χ4n) is 4.72. The van der Waals surface area contributed by atoms with Gasteiger partial charge in [-0.3, -0.25) is 9.69 Å². The first-order valence-corrected chi connectivity index (χ1v) is 13.1. The van der Waals surface area contributed by atoms with Crippen LogP contribution < -0.4 is 15.4 Å². The number of aryl methyl sites for hydroxylation is 2. The van der Waals surface area contributed by atoms with E-state index in [1.807, 2.05) is 32.2 Å². The molecule has 0 unspecified atom stereocenters. The van der Waals surface area contributed by atoms with E-state index in [1.54, 1.807) is 36.9 Å². The molecule has 0 bridgehead atoms. The normalized spacial score (nSPS) is 18.1. The van der Waals surface area contributed by atoms with Crippen molar-refractivity contribution in [1.29, 1.82) is 0 Å². The zero-order valence-electron chi connectivity index (χ0n) is 23.1. The summed E-state index contributed by atoms with van der Waals surface area (Å²) in [5, 5.41) is 19.3. The maximum Gasteiger partial charge on any atom is 0.323 e. The number of hydrogen-bond acceptors (Lipinski definition) is 7. The van der Waals surface area contributed by atoms with Gasteiger partial charge in [-0.15, -0.1) is 0 Å². The summed E-state index contributed by atoms with van der Waals surface area (Å²) < 4.78 is 11.6. The van der Waals surface area contributed by atoms with Crippen molar-refractivity contribution < 1.29 is 24.0 Å². The molecule has 10 nitrogen and oxygen atoms in total. The van der Waals surface area contributed by atoms with Crippen molar-refractivity contribution in [3.8, 4) is 5.75 Å². The van der Waals surface area contributed by atoms with Gasteiger partial charge in [-0.05, 0) is 51.6 Å². The van der Waals surface area contributed by atoms with Crippen LogP contribution in [-0.2, 0) is 6.54 Å². The standard InChI is InChI=1S/C29H37N5O5/c1-18-14-34(19(2)17-35)28(36)24-13-23(30-29(37)31-27-20(3)32-39-21(27)4)11-12-25(24)38-26(18)16-33(5)15-22-9-7-6-8-10-22/h6-13,18-19,26,35H,14-17H2,1-5H3,(H2,30,31,37)/t18-,19-,26-/m1/s1. The highest BCUT2D eigenvalue weighted by atomic mass is 16.5. The first-order chi connectivity index (χ1) is 18.7. The fraction of sp³-hybridized carbons (Fsp3) is 0.414. The first kappa shape index (κ1) is 28.1. The number of aromatic nitrogens is 1. The number of nitrogens with one attached hydrogen (secondary N) is 2. The molecule has 0 fully saturated rings. The highest BCUT2D eigenvalue weighted by Crippen LogP contribution is 2.31. The smallest absolute Gasteiger partial charge is 0.323 e. The maximum atomic E-state index is 13.7. The predicted molar refractivity (Wildman–Crippen MR) is 149 cm³/mol. The Labute approximate surface area is 228 Å². The van der Waals surface area contributed by atoms with Crippen molar-refractivity contribution in [1.82, 2.24) is 15.0 Å². The number of carbonyl (C=O) groups excluding carboxylic acids is 2. The Morgan fingerprint density at radius 2 is 1.95 bits per heavy atom. The van der Waals surface area contributed by atoms with Crippen LogP contribution in [0.2, 0.25) is 0 Å². The molecular formula is C29H37N5O5. The number of nitrogens with zero attached hydrogens (tertiary/aromatic N) is 3. The third-order valence-electron chi connectivity index (χ3n) is 6.98. The average Bonchev–Trinajstić information content (AvgIpc) is 3.23. The van der Waals surface area contributed by atoms with E-state index in [0.29, 0.717) is 47.2 Å². The van der Waals surface area contributed by atoms with Crippen LogP contribution >= 0.6 is 0 Å². The highest BCUT2D eigenvalue weighted by Gasteiger charge is 2.33. The van der Waals surface area contributed by atoms with Crippen molar-refractivity contribution >= 4 is 23.3 Å². The molecule has 0 saturated heterocycles. The molecule has 4 rings (SSSR count). The molecule has 0 aliphatic carbocycles. The fourth-order valence-corrected chi connectivity index (χ4v) is 4.72. The Bertz CT molecular complexity index is 1270. The number of carbonyl (C=O) groups is 2. The number of fused-ring (bicyclic) bond motifs is 1. The van der Waals surface area contributed by atoms with Crippen molar-refractivity contribution in [2.24, 2.45) is 5.92 Å². The lowest BCUT2D eigenvalue weighted by Crippen LogP contribution is -2.49. The molecule has 0 spiro atoms. The summed E-state index contributed by atoms with van der Waals surface area (Å²) in [6.45, 7) is 9.00. The van der Waals surface area contributed by atoms with Gasteiger partial charge < -0.3 is 29.9 Å². The number of aliphatic hydroxyl groups is 1. The molecule has 208 valence electrons. The minimum absolute atomic E-state index is 0.00736. The number of aliphatic hydroxyl groups excluding tert-OH is 1. The van der Waals surface area contributed by atoms with Crippen molar-refractivity contribution in [3.63, 3.8) is 0 Å². The highest BCUT2D eigenvalue weighted by molar-refractivity contribution is 6.03. The molecule has 1 aromatic heterocycles. The minimum atomic E-state index is -0.488. The summed E-state index contributed by atoms with van der Waals surface area (Å²) in [4.78, 5) is 30.2. The lowest BCUT2D eigenvalue weighted by Gasteiger charge is -2.38. The summed E-state index contributed by atoms with van der Waals surface area (Å²) in [5.41, 5.74) is 3.02. The minimum Gasteiger partial charge on any atom is -0.488 e. The van der Waals surface area contributed by atoms with E-state index in [4.69, 9.17) is 9.26 Å². The van der Waals surface area contributed by atoms with Crippen molar-refractivity contribution in [2.75, 3.05) is 37.4 Å². The largest absolute Gasteiger partial charge is 0.488 e. The van der Waals surface area contributed by atoms with Crippen LogP contribution in [0.15, 0.2) is 53.1 Å². The van der Waals surface area contributed by atoms with E-state index in [0.717, 1.165) is 6.54 Å². The van der Waals surface area contributed by atoms with E-state index in [-0.39, 0.29) is 30.6 Å². The summed E-state index contributed by atoms with van der Waals surface area (Å²) in [6.07, 6.45) is -0.208. The molecule has 2 aromatic carbocycles. The van der Waals surface area contributed by atoms with Gasteiger partial charge in [0.2, 0.25) is 0 Å². The van der Waals surface area contributed by atoms with Gasteiger partial charge in [0.15, 0.2) is 5.76 Å². The topological polar surface area (TPSA) is 120 Å². The molecule has 3 aromatic rings. The van der Waals surface area contributed by atoms with Gasteiger partial charge >= 0.3 is 6.03 Å². The summed E-state index contributed by atoms with van der Waals surface area (Å²) in [7, 11) is 2.05. The van der Waals surface area contributed by atoms with E-state index < -0.39 is 6.03 Å². The van der Waals surface area contributed by atoms with Gasteiger partial charge in [-0.1, -0.05) is 42.4 Å². The Kier molecular flexibility index (Phi) is 8.88. The number of likely N-dealkylation sites (N-methyl/N-ethyl adjacent to an activating group) is 1. The summed E-state index contributed by atoms with van der Waals surface area (Å²) >= 11 is 0. The van der Waals surface area contributed by atoms with Crippen LogP contribution in [0.1, 0.15) is 41.2 Å². The maximum absolute atomic E-state index is 13.7. The molecular weight excluding hydrogens is 498 g/mol. The quantitative estimate of drug-likeness (QED) is 0.394. The monoisotopic (exact) mass is 535 g/mol. The molecule has 3 N–H and O–H groups in total. The Morgan fingerprint density at radius 3 is 2.62 bits per heavy atom. The van der Waals surface area contributed by atoms with Crippen molar-refractivity contribution in [2.45, 2.75) is 46.4 Å². The van der Waals surface area contributed by atoms with Crippen LogP contribution in [0, 0.1) is 19.8 Å². The zero-order valence-corrected chi connectivity index (χ0v) is 23.1. The second-order valence-electron chi connectivity index (χ2n) is 10.3. The SMILES string of the molecule is Cc1noc(C)c1NC(=O)Nc1ccc2c(c1)C(=O)N([C@H](C)CO)C[C@@H](C)[C@@H](CN(C)Cc1ccccc1)O2. The van der Waals surface area contributed by atoms with E-state index in [2.05, 4.69) is 39.7 Å². The molecule has 0 saturated carbocycles. The predicted octanol–water partition coefficient (Wildman–Crippen LogP) is 4.29. The van der Waals surface area contributed by atoms with E-state index in [1.165, 1.54) is 5.56 Å². The second kappa shape index (κ2) is 12.3. The van der Waals surface area contributed by atoms with Gasteiger partial charge in [-0.25, -0.2) is 4.79 Å². The number of rotatable bonds is 8. The van der Waals surface area contributed by atoms with Gasteiger partial charge in [-0.2, -0.15) is 0 Å². The summed E-state index contributed by atoms with van der Waals surface area (Å²) in [5.74, 6) is 0.684. The Morgan fingerprint density at radius 1 is 1.21 bits per heavy atom.